The first-order valence-electron chi connectivity index (χ1n) is 11.4. The fraction of sp³-hybridized carbons (Fsp3) is 0.565. The molecule has 4 rings (SSSR count). The fourth-order valence-corrected chi connectivity index (χ4v) is 6.93. The Morgan fingerprint density at radius 3 is 2.51 bits per heavy atom. The van der Waals surface area contributed by atoms with Crippen molar-refractivity contribution in [3.05, 3.63) is 47.3 Å². The van der Waals surface area contributed by atoms with E-state index in [0.717, 1.165) is 31.1 Å². The van der Waals surface area contributed by atoms with E-state index in [1.54, 1.807) is 17.5 Å². The van der Waals surface area contributed by atoms with Crippen LogP contribution in [0.5, 0.6) is 0 Å². The molecule has 0 spiro atoms. The molecule has 1 N–H and O–H groups in total. The first-order valence-corrected chi connectivity index (χ1v) is 13.7. The van der Waals surface area contributed by atoms with Crippen LogP contribution in [-0.2, 0) is 25.1 Å². The lowest BCUT2D eigenvalue weighted by Crippen LogP contribution is -2.56. The molecule has 3 heterocycles. The zero-order valence-corrected chi connectivity index (χ0v) is 20.9. The summed E-state index contributed by atoms with van der Waals surface area (Å²) >= 11 is 1.16. The van der Waals surface area contributed by atoms with Crippen molar-refractivity contribution >= 4 is 27.0 Å². The average Bonchev–Trinajstić information content (AvgIpc) is 3.53. The van der Waals surface area contributed by atoms with Gasteiger partial charge in [-0.15, -0.1) is 11.3 Å². The molecule has 12 heteroatoms. The van der Waals surface area contributed by atoms with Gasteiger partial charge >= 0.3 is 6.18 Å². The Morgan fingerprint density at radius 1 is 1.17 bits per heavy atom. The molecule has 0 bridgehead atoms. The van der Waals surface area contributed by atoms with E-state index in [9.17, 15) is 26.7 Å². The number of alkyl halides is 3. The molecule has 1 aromatic heterocycles. The molecule has 7 nitrogen and oxygen atoms in total. The number of anilines is 1. The summed E-state index contributed by atoms with van der Waals surface area (Å²) < 4.78 is 79.1. The van der Waals surface area contributed by atoms with Crippen molar-refractivity contribution in [1.82, 2.24) is 4.31 Å². The number of benzene rings is 1. The van der Waals surface area contributed by atoms with Crippen LogP contribution in [-0.4, -0.2) is 75.6 Å². The Labute approximate surface area is 207 Å². The topological polar surface area (TPSA) is 79.3 Å². The summed E-state index contributed by atoms with van der Waals surface area (Å²) in [6, 6.07) is 8.45. The van der Waals surface area contributed by atoms with E-state index in [1.165, 1.54) is 28.6 Å². The molecule has 0 radical (unpaired) electrons. The molecular formula is C23H29F3N2O5S2. The molecule has 2 aliphatic rings. The Bertz CT molecular complexity index is 1070. The maximum Gasteiger partial charge on any atom is 0.421 e. The second-order valence-corrected chi connectivity index (χ2v) is 12.0. The van der Waals surface area contributed by atoms with Crippen molar-refractivity contribution in [1.29, 1.82) is 0 Å². The van der Waals surface area contributed by atoms with E-state index >= 15 is 0 Å². The molecule has 2 aliphatic heterocycles. The molecule has 0 saturated carbocycles. The first-order chi connectivity index (χ1) is 16.5. The average molecular weight is 535 g/mol. The minimum absolute atomic E-state index is 0.0156. The lowest BCUT2D eigenvalue weighted by Gasteiger charge is -2.42. The summed E-state index contributed by atoms with van der Waals surface area (Å²) in [5.41, 5.74) is -2.60. The van der Waals surface area contributed by atoms with Crippen molar-refractivity contribution < 1.29 is 36.2 Å². The molecule has 3 atom stereocenters. The number of aliphatic hydroxyl groups is 1. The third-order valence-electron chi connectivity index (χ3n) is 6.49. The molecular weight excluding hydrogens is 505 g/mol. The second-order valence-electron chi connectivity index (χ2n) is 8.93. The highest BCUT2D eigenvalue weighted by atomic mass is 32.2. The third-order valence-corrected chi connectivity index (χ3v) is 9.72. The molecule has 2 fully saturated rings. The summed E-state index contributed by atoms with van der Waals surface area (Å²) in [6.07, 6.45) is -2.91. The van der Waals surface area contributed by atoms with Gasteiger partial charge in [0.2, 0.25) is 0 Å². The van der Waals surface area contributed by atoms with E-state index < -0.39 is 21.8 Å². The van der Waals surface area contributed by atoms with Crippen molar-refractivity contribution in [3.63, 3.8) is 0 Å². The van der Waals surface area contributed by atoms with Crippen molar-refractivity contribution in [2.75, 3.05) is 44.4 Å². The minimum atomic E-state index is -4.81. The molecule has 0 amide bonds. The van der Waals surface area contributed by atoms with Crippen LogP contribution in [0.1, 0.15) is 25.3 Å². The lowest BCUT2D eigenvalue weighted by atomic mass is 9.95. The fourth-order valence-electron chi connectivity index (χ4n) is 4.32. The molecule has 194 valence electrons. The lowest BCUT2D eigenvalue weighted by molar-refractivity contribution is -0.258. The highest BCUT2D eigenvalue weighted by Gasteiger charge is 2.51. The van der Waals surface area contributed by atoms with Gasteiger partial charge in [0, 0.05) is 31.9 Å². The number of hydrogen-bond acceptors (Lipinski definition) is 7. The van der Waals surface area contributed by atoms with E-state index in [4.69, 9.17) is 9.47 Å². The number of halogens is 3. The van der Waals surface area contributed by atoms with Gasteiger partial charge in [-0.1, -0.05) is 18.2 Å². The predicted molar refractivity (Wildman–Crippen MR) is 126 cm³/mol. The van der Waals surface area contributed by atoms with Crippen LogP contribution in [0.15, 0.2) is 46.0 Å². The number of thiophene rings is 1. The van der Waals surface area contributed by atoms with Gasteiger partial charge in [-0.3, -0.25) is 0 Å². The molecule has 0 unspecified atom stereocenters. The van der Waals surface area contributed by atoms with Gasteiger partial charge in [-0.05, 0) is 48.9 Å². The maximum atomic E-state index is 13.2. The van der Waals surface area contributed by atoms with Crippen LogP contribution >= 0.6 is 11.3 Å². The number of rotatable bonds is 8. The van der Waals surface area contributed by atoms with Gasteiger partial charge in [0.25, 0.3) is 10.0 Å². The quantitative estimate of drug-likeness (QED) is 0.558. The molecule has 2 aromatic rings. The van der Waals surface area contributed by atoms with E-state index in [2.05, 4.69) is 0 Å². The summed E-state index contributed by atoms with van der Waals surface area (Å²) in [5.74, 6) is 0. The Morgan fingerprint density at radius 2 is 1.91 bits per heavy atom. The highest BCUT2D eigenvalue weighted by Crippen LogP contribution is 2.39. The van der Waals surface area contributed by atoms with E-state index in [-0.39, 0.29) is 41.6 Å². The van der Waals surface area contributed by atoms with Crippen LogP contribution in [0, 0.1) is 0 Å². The number of ether oxygens (including phenoxy) is 2. The molecule has 2 saturated heterocycles. The number of nitrogens with zero attached hydrogens (tertiary/aromatic N) is 2. The van der Waals surface area contributed by atoms with Crippen molar-refractivity contribution in [2.24, 2.45) is 0 Å². The van der Waals surface area contributed by atoms with Crippen LogP contribution in [0.25, 0.3) is 0 Å². The van der Waals surface area contributed by atoms with Crippen LogP contribution in [0.4, 0.5) is 18.9 Å². The molecule has 1 aromatic carbocycles. The summed E-state index contributed by atoms with van der Waals surface area (Å²) in [6.45, 7) is 2.79. The predicted octanol–water partition coefficient (Wildman–Crippen LogP) is 3.59. The normalized spacial score (nSPS) is 24.0. The van der Waals surface area contributed by atoms with Crippen molar-refractivity contribution in [3.8, 4) is 0 Å². The van der Waals surface area contributed by atoms with Gasteiger partial charge < -0.3 is 19.5 Å². The third kappa shape index (κ3) is 5.67. The number of sulfonamides is 1. The highest BCUT2D eigenvalue weighted by molar-refractivity contribution is 7.91. The molecule has 35 heavy (non-hydrogen) atoms. The van der Waals surface area contributed by atoms with Crippen LogP contribution in [0.3, 0.4) is 0 Å². The SMILES string of the molecule is C[C@@](O)(c1ccc(N2CCN(S(=O)(=O)c3cccs3)C[C@@H]2COC[C@H]2CCCO2)cc1)C(F)(F)F. The second kappa shape index (κ2) is 10.3. The van der Waals surface area contributed by atoms with Gasteiger partial charge in [0.05, 0.1) is 25.4 Å². The summed E-state index contributed by atoms with van der Waals surface area (Å²) in [7, 11) is -3.65. The first kappa shape index (κ1) is 26.4. The van der Waals surface area contributed by atoms with Gasteiger partial charge in [-0.25, -0.2) is 8.42 Å². The zero-order chi connectivity index (χ0) is 25.3. The summed E-state index contributed by atoms with van der Waals surface area (Å²) in [4.78, 5) is 1.95. The van der Waals surface area contributed by atoms with Gasteiger partial charge in [-0.2, -0.15) is 17.5 Å². The molecule has 0 aliphatic carbocycles. The van der Waals surface area contributed by atoms with Crippen molar-refractivity contribution in [2.45, 2.75) is 47.9 Å². The largest absolute Gasteiger partial charge is 0.421 e. The smallest absolute Gasteiger partial charge is 0.377 e. The monoisotopic (exact) mass is 534 g/mol. The summed E-state index contributed by atoms with van der Waals surface area (Å²) in [5, 5.41) is 11.7. The minimum Gasteiger partial charge on any atom is -0.377 e. The Balaban J connectivity index is 1.52. The standard InChI is InChI=1S/C23H29F3N2O5S2/c1-22(29,23(24,25)26)17-6-8-18(9-7-17)28-11-10-27(35(30,31)21-5-3-13-34-21)14-19(28)15-32-16-20-4-2-12-33-20/h3,5-9,13,19-20,29H,2,4,10-12,14-16H2,1H3/t19-,20-,22-/m1/s1. The number of hydrogen-bond donors (Lipinski definition) is 1. The van der Waals surface area contributed by atoms with Crippen LogP contribution < -0.4 is 4.90 Å². The van der Waals surface area contributed by atoms with E-state index in [1.807, 2.05) is 4.90 Å². The van der Waals surface area contributed by atoms with Gasteiger partial charge in [0.15, 0.2) is 5.60 Å². The van der Waals surface area contributed by atoms with Gasteiger partial charge in [0.1, 0.15) is 4.21 Å². The Kier molecular flexibility index (Phi) is 7.79. The maximum absolute atomic E-state index is 13.2. The zero-order valence-electron chi connectivity index (χ0n) is 19.3. The number of piperazine rings is 1. The van der Waals surface area contributed by atoms with Crippen LogP contribution in [0.2, 0.25) is 0 Å². The Hall–Kier alpha value is -1.70. The van der Waals surface area contributed by atoms with E-state index in [0.29, 0.717) is 25.4 Å².